The van der Waals surface area contributed by atoms with Crippen molar-refractivity contribution in [3.05, 3.63) is 54.2 Å². The molecule has 2 aliphatic rings. The number of carbonyl (C=O) groups excluding carboxylic acids is 1. The lowest BCUT2D eigenvalue weighted by Gasteiger charge is -2.45. The van der Waals surface area contributed by atoms with Crippen molar-refractivity contribution in [2.24, 2.45) is 0 Å². The predicted octanol–water partition coefficient (Wildman–Crippen LogP) is 4.79. The van der Waals surface area contributed by atoms with Crippen LogP contribution in [0.5, 0.6) is 17.2 Å². The lowest BCUT2D eigenvalue weighted by Crippen LogP contribution is -2.58. The summed E-state index contributed by atoms with van der Waals surface area (Å²) < 4.78 is 53.7. The number of phenolic OH excluding ortho intramolecular Hbond substituents is 1. The van der Waals surface area contributed by atoms with Gasteiger partial charge in [0.2, 0.25) is 5.91 Å². The average Bonchev–Trinajstić information content (AvgIpc) is 2.89. The van der Waals surface area contributed by atoms with Gasteiger partial charge in [0.05, 0.1) is 41.5 Å². The van der Waals surface area contributed by atoms with Gasteiger partial charge < -0.3 is 24.4 Å². The maximum atomic E-state index is 14.0. The molecule has 5 rings (SSSR count). The minimum absolute atomic E-state index is 0.125. The van der Waals surface area contributed by atoms with Gasteiger partial charge in [-0.25, -0.2) is 0 Å². The lowest BCUT2D eigenvalue weighted by molar-refractivity contribution is -0.137. The number of carbonyl (C=O) groups is 1. The Morgan fingerprint density at radius 2 is 2.14 bits per heavy atom. The van der Waals surface area contributed by atoms with Crippen LogP contribution >= 0.6 is 0 Å². The summed E-state index contributed by atoms with van der Waals surface area (Å²) in [5, 5.41) is 11.2. The zero-order valence-electron chi connectivity index (χ0n) is 20.4. The van der Waals surface area contributed by atoms with Gasteiger partial charge in [-0.05, 0) is 36.3 Å². The number of methoxy groups -OCH3 is 1. The number of pyridine rings is 1. The third kappa shape index (κ3) is 4.00. The maximum absolute atomic E-state index is 14.0. The first-order chi connectivity index (χ1) is 17.7. The van der Waals surface area contributed by atoms with Gasteiger partial charge in [0.25, 0.3) is 0 Å². The number of ether oxygens (including phenoxy) is 2. The molecule has 2 aliphatic heterocycles. The Morgan fingerprint density at radius 1 is 1.35 bits per heavy atom. The molecule has 1 amide bonds. The summed E-state index contributed by atoms with van der Waals surface area (Å²) in [6.45, 7) is 7.21. The number of hydrogen-bond donors (Lipinski definition) is 1. The molecule has 194 valence electrons. The first-order valence-corrected chi connectivity index (χ1v) is 11.9. The summed E-state index contributed by atoms with van der Waals surface area (Å²) in [5.41, 5.74) is 0.621. The zero-order chi connectivity index (χ0) is 26.5. The highest BCUT2D eigenvalue weighted by Crippen LogP contribution is 2.50. The molecule has 0 radical (unpaired) electrons. The molecule has 10 heteroatoms. The minimum Gasteiger partial charge on any atom is -0.507 e. The topological polar surface area (TPSA) is 75.1 Å². The van der Waals surface area contributed by atoms with E-state index in [1.54, 1.807) is 17.2 Å². The number of amides is 1. The predicted molar refractivity (Wildman–Crippen MR) is 133 cm³/mol. The van der Waals surface area contributed by atoms with Gasteiger partial charge >= 0.3 is 6.18 Å². The minimum atomic E-state index is -4.67. The quantitative estimate of drug-likeness (QED) is 0.506. The summed E-state index contributed by atoms with van der Waals surface area (Å²) >= 11 is 0. The van der Waals surface area contributed by atoms with Crippen molar-refractivity contribution in [1.82, 2.24) is 9.88 Å². The van der Waals surface area contributed by atoms with Gasteiger partial charge in [-0.15, -0.1) is 0 Å². The molecule has 1 atom stereocenters. The molecular formula is C27H26F3N3O4. The molecule has 0 unspecified atom stereocenters. The second-order valence-corrected chi connectivity index (χ2v) is 9.00. The lowest BCUT2D eigenvalue weighted by atomic mass is 9.90. The Kier molecular flexibility index (Phi) is 6.13. The van der Waals surface area contributed by atoms with Crippen LogP contribution in [0, 0.1) is 0 Å². The van der Waals surface area contributed by atoms with E-state index in [9.17, 15) is 23.1 Å². The largest absolute Gasteiger partial charge is 0.507 e. The smallest absolute Gasteiger partial charge is 0.417 e. The second kappa shape index (κ2) is 9.17. The number of alkyl halides is 3. The summed E-state index contributed by atoms with van der Waals surface area (Å²) in [6.07, 6.45) is -1.48. The van der Waals surface area contributed by atoms with Crippen LogP contribution in [0.25, 0.3) is 22.0 Å². The standard InChI is InChI=1S/C27H26F3N3O4/c1-4-16-17(23-18(27(28,29)30)7-6-8-20(23)34)11-19-24(26(16)36-3)25-21(12-31-19)37-14-15-13-32(22(35)5-2)9-10-33(15)25/h5-8,11-12,15,34H,2,4,9-10,13-14H2,1,3H3/t15-/m1/s1. The molecule has 37 heavy (non-hydrogen) atoms. The van der Waals surface area contributed by atoms with Crippen LogP contribution in [0.4, 0.5) is 18.9 Å². The number of hydrogen-bond acceptors (Lipinski definition) is 6. The number of fused-ring (bicyclic) bond motifs is 5. The molecule has 2 aromatic carbocycles. The number of benzene rings is 2. The van der Waals surface area contributed by atoms with Crippen LogP contribution < -0.4 is 14.4 Å². The van der Waals surface area contributed by atoms with E-state index in [2.05, 4.69) is 16.5 Å². The van der Waals surface area contributed by atoms with Crippen LogP contribution in [0.1, 0.15) is 18.1 Å². The van der Waals surface area contributed by atoms with E-state index in [4.69, 9.17) is 9.47 Å². The van der Waals surface area contributed by atoms with Gasteiger partial charge in [0.15, 0.2) is 5.75 Å². The van der Waals surface area contributed by atoms with E-state index in [0.717, 1.165) is 11.8 Å². The monoisotopic (exact) mass is 513 g/mol. The summed E-state index contributed by atoms with van der Waals surface area (Å²) in [4.78, 5) is 20.6. The molecule has 3 heterocycles. The number of aromatic hydroxyl groups is 1. The van der Waals surface area contributed by atoms with E-state index in [-0.39, 0.29) is 23.1 Å². The van der Waals surface area contributed by atoms with Crippen LogP contribution in [-0.4, -0.2) is 60.3 Å². The fourth-order valence-electron chi connectivity index (χ4n) is 5.39. The molecule has 0 saturated carbocycles. The Bertz CT molecular complexity index is 1410. The Labute approximate surface area is 211 Å². The van der Waals surface area contributed by atoms with Crippen molar-refractivity contribution < 1.29 is 32.5 Å². The third-order valence-corrected chi connectivity index (χ3v) is 7.02. The number of nitrogens with zero attached hydrogens (tertiary/aromatic N) is 3. The van der Waals surface area contributed by atoms with Crippen LogP contribution in [0.2, 0.25) is 0 Å². The number of rotatable bonds is 4. The number of phenols is 1. The van der Waals surface area contributed by atoms with Gasteiger partial charge in [0, 0.05) is 30.8 Å². The van der Waals surface area contributed by atoms with E-state index >= 15 is 0 Å². The number of piperazine rings is 1. The molecule has 1 N–H and O–H groups in total. The van der Waals surface area contributed by atoms with Crippen molar-refractivity contribution in [2.45, 2.75) is 25.6 Å². The van der Waals surface area contributed by atoms with Crippen LogP contribution in [-0.2, 0) is 17.4 Å². The normalized spacial score (nSPS) is 17.2. The molecule has 1 saturated heterocycles. The molecule has 1 aromatic heterocycles. The Hall–Kier alpha value is -3.95. The van der Waals surface area contributed by atoms with E-state index in [0.29, 0.717) is 60.6 Å². The Balaban J connectivity index is 1.74. The molecular weight excluding hydrogens is 487 g/mol. The second-order valence-electron chi connectivity index (χ2n) is 9.00. The fraction of sp³-hybridized carbons (Fsp3) is 0.333. The summed E-state index contributed by atoms with van der Waals surface area (Å²) in [7, 11) is 1.47. The zero-order valence-corrected chi connectivity index (χ0v) is 20.4. The average molecular weight is 514 g/mol. The first-order valence-electron chi connectivity index (χ1n) is 11.9. The third-order valence-electron chi connectivity index (χ3n) is 7.02. The number of aromatic nitrogens is 1. The van der Waals surface area contributed by atoms with Crippen LogP contribution in [0.15, 0.2) is 43.1 Å². The summed E-state index contributed by atoms with van der Waals surface area (Å²) in [5.74, 6) is 0.294. The highest BCUT2D eigenvalue weighted by atomic mass is 19.4. The van der Waals surface area contributed by atoms with Crippen molar-refractivity contribution in [3.8, 4) is 28.4 Å². The molecule has 0 spiro atoms. The van der Waals surface area contributed by atoms with Crippen molar-refractivity contribution in [2.75, 3.05) is 38.3 Å². The van der Waals surface area contributed by atoms with Crippen LogP contribution in [0.3, 0.4) is 0 Å². The van der Waals surface area contributed by atoms with Gasteiger partial charge in [-0.2, -0.15) is 13.2 Å². The van der Waals surface area contributed by atoms with Gasteiger partial charge in [-0.3, -0.25) is 9.78 Å². The van der Waals surface area contributed by atoms with Crippen molar-refractivity contribution in [3.63, 3.8) is 0 Å². The van der Waals surface area contributed by atoms with Gasteiger partial charge in [-0.1, -0.05) is 19.6 Å². The molecule has 0 aliphatic carbocycles. The maximum Gasteiger partial charge on any atom is 0.417 e. The number of anilines is 1. The molecule has 7 nitrogen and oxygen atoms in total. The van der Waals surface area contributed by atoms with Crippen molar-refractivity contribution in [1.29, 1.82) is 0 Å². The summed E-state index contributed by atoms with van der Waals surface area (Å²) in [6, 6.07) is 4.81. The number of halogens is 3. The highest BCUT2D eigenvalue weighted by Gasteiger charge is 2.38. The molecule has 0 bridgehead atoms. The molecule has 1 fully saturated rings. The van der Waals surface area contributed by atoms with E-state index < -0.39 is 17.5 Å². The van der Waals surface area contributed by atoms with Gasteiger partial charge in [0.1, 0.15) is 18.1 Å². The fourth-order valence-corrected chi connectivity index (χ4v) is 5.39. The highest BCUT2D eigenvalue weighted by molar-refractivity contribution is 6.04. The van der Waals surface area contributed by atoms with Crippen molar-refractivity contribution >= 4 is 22.5 Å². The Morgan fingerprint density at radius 3 is 2.81 bits per heavy atom. The van der Waals surface area contributed by atoms with E-state index in [1.807, 2.05) is 6.92 Å². The SMILES string of the molecule is C=CC(=O)N1CCN2c3c(cnc4cc(-c5c(O)cccc5C(F)(F)F)c(CC)c(OC)c34)OC[C@H]2C1. The molecule has 3 aromatic rings. The first kappa shape index (κ1) is 24.7. The van der Waals surface area contributed by atoms with E-state index in [1.165, 1.54) is 25.3 Å².